The second kappa shape index (κ2) is 5.51. The predicted octanol–water partition coefficient (Wildman–Crippen LogP) is -0.573. The van der Waals surface area contributed by atoms with Gasteiger partial charge in [-0.2, -0.15) is 0 Å². The quantitative estimate of drug-likeness (QED) is 0.372. The third kappa shape index (κ3) is 5.18. The van der Waals surface area contributed by atoms with Crippen molar-refractivity contribution in [3.63, 3.8) is 0 Å². The van der Waals surface area contributed by atoms with E-state index in [2.05, 4.69) is 4.72 Å². The average molecular weight is 259 g/mol. The summed E-state index contributed by atoms with van der Waals surface area (Å²) < 4.78 is 29.2. The Bertz CT molecular complexity index is 483. The lowest BCUT2D eigenvalue weighted by Crippen LogP contribution is -2.34. The molecule has 0 saturated carbocycles. The van der Waals surface area contributed by atoms with Crippen molar-refractivity contribution in [1.29, 1.82) is 0 Å². The van der Waals surface area contributed by atoms with Crippen LogP contribution in [0.2, 0.25) is 0 Å². The standard InChI is InChI=1S/C9H13N3O4S/c1-17(14,15)12-7-2-4-8(5-3-7)16-6-9(13)11-10/h2-5,12H,6,10H2,1H3,(H,11,13). The minimum Gasteiger partial charge on any atom is -0.484 e. The van der Waals surface area contributed by atoms with Crippen molar-refractivity contribution in [1.82, 2.24) is 5.43 Å². The summed E-state index contributed by atoms with van der Waals surface area (Å²) in [7, 11) is -3.29. The highest BCUT2D eigenvalue weighted by Gasteiger charge is 2.03. The number of benzene rings is 1. The number of amides is 1. The molecule has 0 aliphatic carbocycles. The number of carbonyl (C=O) groups is 1. The molecule has 0 aliphatic heterocycles. The molecule has 0 atom stereocenters. The number of anilines is 1. The molecule has 1 rings (SSSR count). The third-order valence-corrected chi connectivity index (χ3v) is 2.29. The van der Waals surface area contributed by atoms with Crippen LogP contribution in [0.25, 0.3) is 0 Å². The van der Waals surface area contributed by atoms with Crippen LogP contribution in [-0.2, 0) is 14.8 Å². The molecule has 0 aliphatic rings. The molecule has 8 heteroatoms. The van der Waals surface area contributed by atoms with Crippen LogP contribution in [0.1, 0.15) is 0 Å². The van der Waals surface area contributed by atoms with Gasteiger partial charge in [0.05, 0.1) is 6.26 Å². The van der Waals surface area contributed by atoms with Crippen LogP contribution in [0.4, 0.5) is 5.69 Å². The number of carbonyl (C=O) groups excluding carboxylic acids is 1. The first-order valence-corrected chi connectivity index (χ1v) is 6.50. The van der Waals surface area contributed by atoms with Crippen molar-refractivity contribution in [2.45, 2.75) is 0 Å². The van der Waals surface area contributed by atoms with Gasteiger partial charge in [-0.3, -0.25) is 14.9 Å². The van der Waals surface area contributed by atoms with Gasteiger partial charge in [-0.1, -0.05) is 0 Å². The first kappa shape index (κ1) is 13.3. The van der Waals surface area contributed by atoms with Crippen LogP contribution in [0, 0.1) is 0 Å². The SMILES string of the molecule is CS(=O)(=O)Nc1ccc(OCC(=O)NN)cc1. The number of hydrogen-bond donors (Lipinski definition) is 3. The molecule has 0 saturated heterocycles. The second-order valence-corrected chi connectivity index (χ2v) is 5.00. The lowest BCUT2D eigenvalue weighted by atomic mass is 10.3. The van der Waals surface area contributed by atoms with Crippen molar-refractivity contribution < 1.29 is 17.9 Å². The number of hydrazine groups is 1. The fraction of sp³-hybridized carbons (Fsp3) is 0.222. The molecule has 0 fully saturated rings. The molecule has 0 radical (unpaired) electrons. The van der Waals surface area contributed by atoms with E-state index in [1.807, 2.05) is 5.43 Å². The number of nitrogens with two attached hydrogens (primary N) is 1. The fourth-order valence-electron chi connectivity index (χ4n) is 1.02. The normalized spacial score (nSPS) is 10.7. The number of hydrogen-bond acceptors (Lipinski definition) is 5. The summed E-state index contributed by atoms with van der Waals surface area (Å²) in [5.41, 5.74) is 2.34. The number of sulfonamides is 1. The van der Waals surface area contributed by atoms with Gasteiger partial charge in [0.15, 0.2) is 6.61 Å². The number of nitrogens with one attached hydrogen (secondary N) is 2. The largest absolute Gasteiger partial charge is 0.484 e. The minimum absolute atomic E-state index is 0.199. The molecule has 0 aromatic heterocycles. The van der Waals surface area contributed by atoms with Crippen molar-refractivity contribution in [2.24, 2.45) is 5.84 Å². The highest BCUT2D eigenvalue weighted by molar-refractivity contribution is 7.92. The van der Waals surface area contributed by atoms with Crippen molar-refractivity contribution in [2.75, 3.05) is 17.6 Å². The molecule has 1 aromatic rings. The Kier molecular flexibility index (Phi) is 4.30. The van der Waals surface area contributed by atoms with Crippen LogP contribution in [0.15, 0.2) is 24.3 Å². The molecule has 4 N–H and O–H groups in total. The van der Waals surface area contributed by atoms with E-state index in [1.165, 1.54) is 24.3 Å². The molecule has 94 valence electrons. The van der Waals surface area contributed by atoms with E-state index in [9.17, 15) is 13.2 Å². The first-order valence-electron chi connectivity index (χ1n) is 4.61. The summed E-state index contributed by atoms with van der Waals surface area (Å²) in [6.07, 6.45) is 1.06. The molecular formula is C9H13N3O4S. The van der Waals surface area contributed by atoms with E-state index in [-0.39, 0.29) is 6.61 Å². The maximum absolute atomic E-state index is 10.9. The maximum atomic E-state index is 10.9. The van der Waals surface area contributed by atoms with Gasteiger partial charge in [0.25, 0.3) is 5.91 Å². The molecule has 17 heavy (non-hydrogen) atoms. The van der Waals surface area contributed by atoms with Gasteiger partial charge >= 0.3 is 0 Å². The van der Waals surface area contributed by atoms with Crippen LogP contribution in [0.3, 0.4) is 0 Å². The van der Waals surface area contributed by atoms with E-state index < -0.39 is 15.9 Å². The third-order valence-electron chi connectivity index (χ3n) is 1.69. The molecular weight excluding hydrogens is 246 g/mol. The van der Waals surface area contributed by atoms with Crippen LogP contribution in [0.5, 0.6) is 5.75 Å². The summed E-state index contributed by atoms with van der Waals surface area (Å²) >= 11 is 0. The fourth-order valence-corrected chi connectivity index (χ4v) is 1.59. The van der Waals surface area contributed by atoms with Gasteiger partial charge in [-0.15, -0.1) is 0 Å². The predicted molar refractivity (Wildman–Crippen MR) is 62.7 cm³/mol. The van der Waals surface area contributed by atoms with E-state index in [0.717, 1.165) is 6.26 Å². The van der Waals surface area contributed by atoms with E-state index in [4.69, 9.17) is 10.6 Å². The van der Waals surface area contributed by atoms with Crippen LogP contribution < -0.4 is 20.7 Å². The highest BCUT2D eigenvalue weighted by Crippen LogP contribution is 2.16. The van der Waals surface area contributed by atoms with Gasteiger partial charge in [-0.25, -0.2) is 14.3 Å². The molecule has 1 amide bonds. The monoisotopic (exact) mass is 259 g/mol. The lowest BCUT2D eigenvalue weighted by Gasteiger charge is -2.07. The molecule has 0 bridgehead atoms. The Morgan fingerprint density at radius 1 is 1.35 bits per heavy atom. The number of rotatable bonds is 5. The smallest absolute Gasteiger partial charge is 0.271 e. The molecule has 1 aromatic carbocycles. The molecule has 0 unspecified atom stereocenters. The van der Waals surface area contributed by atoms with Crippen LogP contribution in [-0.4, -0.2) is 27.2 Å². The zero-order valence-corrected chi connectivity index (χ0v) is 9.95. The first-order chi connectivity index (χ1) is 7.90. The summed E-state index contributed by atoms with van der Waals surface area (Å²) in [6, 6.07) is 6.13. The zero-order valence-electron chi connectivity index (χ0n) is 9.14. The van der Waals surface area contributed by atoms with Gasteiger partial charge in [-0.05, 0) is 24.3 Å². The topological polar surface area (TPSA) is 111 Å². The van der Waals surface area contributed by atoms with E-state index in [1.54, 1.807) is 0 Å². The van der Waals surface area contributed by atoms with Crippen molar-refractivity contribution >= 4 is 21.6 Å². The summed E-state index contributed by atoms with van der Waals surface area (Å²) in [4.78, 5) is 10.8. The van der Waals surface area contributed by atoms with Gasteiger partial charge in [0, 0.05) is 5.69 Å². The van der Waals surface area contributed by atoms with Gasteiger partial charge in [0.1, 0.15) is 5.75 Å². The minimum atomic E-state index is -3.29. The summed E-state index contributed by atoms with van der Waals surface area (Å²) in [5, 5.41) is 0. The van der Waals surface area contributed by atoms with Crippen LogP contribution >= 0.6 is 0 Å². The molecule has 7 nitrogen and oxygen atoms in total. The maximum Gasteiger partial charge on any atom is 0.271 e. The Morgan fingerprint density at radius 2 is 1.94 bits per heavy atom. The second-order valence-electron chi connectivity index (χ2n) is 3.25. The average Bonchev–Trinajstić information content (AvgIpc) is 2.25. The Morgan fingerprint density at radius 3 is 2.41 bits per heavy atom. The van der Waals surface area contributed by atoms with E-state index >= 15 is 0 Å². The summed E-state index contributed by atoms with van der Waals surface area (Å²) in [5.74, 6) is 4.86. The van der Waals surface area contributed by atoms with Crippen molar-refractivity contribution in [3.8, 4) is 5.75 Å². The van der Waals surface area contributed by atoms with Gasteiger partial charge in [0.2, 0.25) is 10.0 Å². The van der Waals surface area contributed by atoms with Crippen molar-refractivity contribution in [3.05, 3.63) is 24.3 Å². The Hall–Kier alpha value is -1.80. The molecule has 0 spiro atoms. The lowest BCUT2D eigenvalue weighted by molar-refractivity contribution is -0.123. The number of ether oxygens (including phenoxy) is 1. The highest BCUT2D eigenvalue weighted by atomic mass is 32.2. The Balaban J connectivity index is 2.59. The van der Waals surface area contributed by atoms with Gasteiger partial charge < -0.3 is 4.74 Å². The summed E-state index contributed by atoms with van der Waals surface area (Å²) in [6.45, 7) is -0.199. The Labute approximate surface area is 99.0 Å². The van der Waals surface area contributed by atoms with E-state index in [0.29, 0.717) is 11.4 Å². The molecule has 0 heterocycles. The zero-order chi connectivity index (χ0) is 12.9.